The van der Waals surface area contributed by atoms with Crippen molar-refractivity contribution in [3.8, 4) is 0 Å². The maximum absolute atomic E-state index is 12.6. The molecule has 1 aromatic carbocycles. The lowest BCUT2D eigenvalue weighted by atomic mass is 9.89. The van der Waals surface area contributed by atoms with E-state index >= 15 is 0 Å². The first-order valence-electron chi connectivity index (χ1n) is 8.24. The van der Waals surface area contributed by atoms with Gasteiger partial charge in [0, 0.05) is 30.9 Å². The smallest absolute Gasteiger partial charge is 0.253 e. The minimum atomic E-state index is 0.0420. The van der Waals surface area contributed by atoms with Gasteiger partial charge in [-0.05, 0) is 30.0 Å². The predicted molar refractivity (Wildman–Crippen MR) is 94.6 cm³/mol. The largest absolute Gasteiger partial charge is 0.279 e. The van der Waals surface area contributed by atoms with E-state index in [2.05, 4.69) is 38.2 Å². The minimum Gasteiger partial charge on any atom is -0.279 e. The Labute approximate surface area is 145 Å². The third kappa shape index (κ3) is 3.21. The van der Waals surface area contributed by atoms with Gasteiger partial charge in [-0.2, -0.15) is 4.99 Å². The number of hydrogen-bond donors (Lipinski definition) is 2. The van der Waals surface area contributed by atoms with E-state index in [1.807, 2.05) is 30.3 Å². The summed E-state index contributed by atoms with van der Waals surface area (Å²) >= 11 is 0. The summed E-state index contributed by atoms with van der Waals surface area (Å²) < 4.78 is 0. The normalized spacial score (nSPS) is 20.2. The van der Waals surface area contributed by atoms with Gasteiger partial charge in [-0.1, -0.05) is 30.3 Å². The molecule has 0 aliphatic carbocycles. The molecule has 7 nitrogen and oxygen atoms in total. The number of amidine groups is 1. The molecule has 0 spiro atoms. The number of hydrazine groups is 1. The van der Waals surface area contributed by atoms with Gasteiger partial charge in [0.15, 0.2) is 5.84 Å². The number of aromatic nitrogens is 1. The molecule has 2 aliphatic rings. The summed E-state index contributed by atoms with van der Waals surface area (Å²) in [5.74, 6) is 1.30. The van der Waals surface area contributed by atoms with Crippen molar-refractivity contribution in [3.05, 3.63) is 66.0 Å². The molecule has 1 aromatic heterocycles. The highest BCUT2D eigenvalue weighted by Gasteiger charge is 2.30. The third-order valence-electron chi connectivity index (χ3n) is 4.43. The molecule has 1 saturated heterocycles. The Morgan fingerprint density at radius 2 is 1.88 bits per heavy atom. The molecule has 1 amide bonds. The van der Waals surface area contributed by atoms with Crippen molar-refractivity contribution in [2.75, 3.05) is 6.54 Å². The molecule has 1 unspecified atom stereocenters. The molecule has 0 saturated carbocycles. The lowest BCUT2D eigenvalue weighted by Crippen LogP contribution is -2.47. The van der Waals surface area contributed by atoms with Crippen molar-refractivity contribution in [2.24, 2.45) is 10.1 Å². The topological polar surface area (TPSA) is 82.0 Å². The van der Waals surface area contributed by atoms with Crippen molar-refractivity contribution in [3.63, 3.8) is 0 Å². The second-order valence-corrected chi connectivity index (χ2v) is 5.99. The van der Waals surface area contributed by atoms with Crippen molar-refractivity contribution < 1.29 is 4.79 Å². The molecular formula is C18H18N6O. The standard InChI is InChI=1S/C18H18N6O/c25-16-12-15(13-4-2-1-3-5-13)8-11-24(16)18-20-17(21-23-22-18)14-6-9-19-10-7-14/h1-7,9-10,15,23H,8,11-12H2,(H,20,21,22). The molecule has 2 aromatic rings. The Morgan fingerprint density at radius 3 is 2.64 bits per heavy atom. The number of piperidine rings is 1. The van der Waals surface area contributed by atoms with Gasteiger partial charge in [0.2, 0.25) is 5.91 Å². The van der Waals surface area contributed by atoms with Crippen molar-refractivity contribution in [1.82, 2.24) is 20.8 Å². The Hall–Kier alpha value is -3.22. The Bertz CT molecular complexity index is 818. The average molecular weight is 334 g/mol. The molecule has 4 rings (SSSR count). The zero-order chi connectivity index (χ0) is 17.1. The highest BCUT2D eigenvalue weighted by atomic mass is 16.2. The van der Waals surface area contributed by atoms with E-state index in [1.54, 1.807) is 17.3 Å². The average Bonchev–Trinajstić information content (AvgIpc) is 2.69. The Balaban J connectivity index is 1.50. The number of carbonyl (C=O) groups is 1. The number of nitrogens with one attached hydrogen (secondary N) is 2. The summed E-state index contributed by atoms with van der Waals surface area (Å²) in [5, 5.41) is 4.13. The van der Waals surface area contributed by atoms with Crippen LogP contribution in [0.25, 0.3) is 0 Å². The summed E-state index contributed by atoms with van der Waals surface area (Å²) in [5.41, 5.74) is 7.72. The van der Waals surface area contributed by atoms with E-state index in [0.717, 1.165) is 12.0 Å². The zero-order valence-corrected chi connectivity index (χ0v) is 13.6. The zero-order valence-electron chi connectivity index (χ0n) is 13.6. The summed E-state index contributed by atoms with van der Waals surface area (Å²) in [6, 6.07) is 13.9. The first-order valence-corrected chi connectivity index (χ1v) is 8.24. The maximum Gasteiger partial charge on any atom is 0.253 e. The fourth-order valence-electron chi connectivity index (χ4n) is 3.11. The summed E-state index contributed by atoms with van der Waals surface area (Å²) in [4.78, 5) is 22.8. The molecule has 1 fully saturated rings. The summed E-state index contributed by atoms with van der Waals surface area (Å²) in [7, 11) is 0. The van der Waals surface area contributed by atoms with Crippen LogP contribution in [-0.4, -0.2) is 34.1 Å². The molecule has 0 bridgehead atoms. The number of benzene rings is 1. The molecule has 3 heterocycles. The van der Waals surface area contributed by atoms with Crippen LogP contribution >= 0.6 is 0 Å². The lowest BCUT2D eigenvalue weighted by Gasteiger charge is -2.32. The van der Waals surface area contributed by atoms with Gasteiger partial charge in [0.25, 0.3) is 5.96 Å². The molecule has 126 valence electrons. The number of hydrazone groups is 1. The number of amides is 1. The van der Waals surface area contributed by atoms with E-state index in [0.29, 0.717) is 24.8 Å². The Kier molecular flexibility index (Phi) is 4.12. The number of pyridine rings is 1. The van der Waals surface area contributed by atoms with Crippen molar-refractivity contribution in [2.45, 2.75) is 18.8 Å². The number of guanidine groups is 1. The lowest BCUT2D eigenvalue weighted by molar-refractivity contribution is -0.129. The molecule has 25 heavy (non-hydrogen) atoms. The van der Waals surface area contributed by atoms with E-state index in [9.17, 15) is 4.79 Å². The van der Waals surface area contributed by atoms with Gasteiger partial charge >= 0.3 is 0 Å². The fourth-order valence-corrected chi connectivity index (χ4v) is 3.11. The number of aliphatic imine (C=N–C) groups is 1. The van der Waals surface area contributed by atoms with Gasteiger partial charge in [0.1, 0.15) is 0 Å². The van der Waals surface area contributed by atoms with Gasteiger partial charge in [-0.15, -0.1) is 5.10 Å². The van der Waals surface area contributed by atoms with Crippen molar-refractivity contribution >= 4 is 17.7 Å². The summed E-state index contributed by atoms with van der Waals surface area (Å²) in [6.45, 7) is 0.603. The van der Waals surface area contributed by atoms with Crippen LogP contribution in [-0.2, 0) is 4.79 Å². The summed E-state index contributed by atoms with van der Waals surface area (Å²) in [6.07, 6.45) is 4.75. The van der Waals surface area contributed by atoms with Crippen LogP contribution in [0.2, 0.25) is 0 Å². The number of likely N-dealkylation sites (tertiary alicyclic amines) is 1. The number of rotatable bonds is 2. The molecule has 0 radical (unpaired) electrons. The van der Waals surface area contributed by atoms with E-state index < -0.39 is 0 Å². The van der Waals surface area contributed by atoms with E-state index in [-0.39, 0.29) is 11.8 Å². The van der Waals surface area contributed by atoms with Gasteiger partial charge in [-0.3, -0.25) is 20.1 Å². The minimum absolute atomic E-state index is 0.0420. The van der Waals surface area contributed by atoms with Crippen LogP contribution in [0.1, 0.15) is 29.9 Å². The molecule has 7 heteroatoms. The molecular weight excluding hydrogens is 316 g/mol. The maximum atomic E-state index is 12.6. The number of hydrogen-bond acceptors (Lipinski definition) is 6. The molecule has 1 atom stereocenters. The van der Waals surface area contributed by atoms with Crippen LogP contribution in [0.4, 0.5) is 0 Å². The monoisotopic (exact) mass is 334 g/mol. The quantitative estimate of drug-likeness (QED) is 0.874. The van der Waals surface area contributed by atoms with Gasteiger partial charge in [0.05, 0.1) is 0 Å². The van der Waals surface area contributed by atoms with Crippen LogP contribution in [0.5, 0.6) is 0 Å². The fraction of sp³-hybridized carbons (Fsp3) is 0.222. The van der Waals surface area contributed by atoms with E-state index in [4.69, 9.17) is 0 Å². The highest BCUT2D eigenvalue weighted by molar-refractivity contribution is 6.09. The SMILES string of the molecule is O=C1CC(c2ccccc2)CCN1C1=NNNC(c2ccncc2)=N1. The highest BCUT2D eigenvalue weighted by Crippen LogP contribution is 2.29. The first-order chi connectivity index (χ1) is 12.3. The van der Waals surface area contributed by atoms with Crippen LogP contribution in [0.15, 0.2) is 65.0 Å². The van der Waals surface area contributed by atoms with Crippen LogP contribution in [0.3, 0.4) is 0 Å². The number of nitrogens with zero attached hydrogens (tertiary/aromatic N) is 4. The molecule has 2 aliphatic heterocycles. The van der Waals surface area contributed by atoms with Crippen LogP contribution in [0, 0.1) is 0 Å². The number of carbonyl (C=O) groups excluding carboxylic acids is 1. The second-order valence-electron chi connectivity index (χ2n) is 5.99. The van der Waals surface area contributed by atoms with Crippen LogP contribution < -0.4 is 11.0 Å². The Morgan fingerprint density at radius 1 is 1.08 bits per heavy atom. The van der Waals surface area contributed by atoms with Gasteiger partial charge < -0.3 is 0 Å². The van der Waals surface area contributed by atoms with E-state index in [1.165, 1.54) is 5.56 Å². The second kappa shape index (κ2) is 6.72. The molecule has 2 N–H and O–H groups in total. The first kappa shape index (κ1) is 15.3. The van der Waals surface area contributed by atoms with Gasteiger partial charge in [-0.25, -0.2) is 5.53 Å². The van der Waals surface area contributed by atoms with Crippen molar-refractivity contribution in [1.29, 1.82) is 0 Å². The predicted octanol–water partition coefficient (Wildman–Crippen LogP) is 1.61. The third-order valence-corrected chi connectivity index (χ3v) is 4.43.